The number of anilines is 1. The van der Waals surface area contributed by atoms with Crippen molar-refractivity contribution in [3.8, 4) is 6.07 Å². The van der Waals surface area contributed by atoms with Gasteiger partial charge < -0.3 is 5.32 Å². The van der Waals surface area contributed by atoms with Crippen LogP contribution in [0.25, 0.3) is 0 Å². The maximum Gasteiger partial charge on any atom is 0.143 e. The fraction of sp³-hybridized carbons (Fsp3) is 0.500. The Morgan fingerprint density at radius 3 is 2.82 bits per heavy atom. The van der Waals surface area contributed by atoms with Crippen molar-refractivity contribution >= 4 is 5.69 Å². The van der Waals surface area contributed by atoms with Crippen LogP contribution in [-0.2, 0) is 0 Å². The fourth-order valence-electron chi connectivity index (χ4n) is 2.29. The molecule has 1 saturated carbocycles. The van der Waals surface area contributed by atoms with Crippen molar-refractivity contribution in [3.05, 3.63) is 29.6 Å². The summed E-state index contributed by atoms with van der Waals surface area (Å²) < 4.78 is 13.4. The zero-order valence-corrected chi connectivity index (χ0v) is 10.1. The van der Waals surface area contributed by atoms with E-state index >= 15 is 0 Å². The van der Waals surface area contributed by atoms with Crippen LogP contribution in [0, 0.1) is 22.6 Å². The van der Waals surface area contributed by atoms with Crippen molar-refractivity contribution in [1.29, 1.82) is 5.26 Å². The minimum Gasteiger partial charge on any atom is -0.383 e. The number of nitriles is 1. The fourth-order valence-corrected chi connectivity index (χ4v) is 2.29. The molecule has 90 valence electrons. The number of halogens is 1. The van der Waals surface area contributed by atoms with Crippen LogP contribution in [0.2, 0.25) is 0 Å². The van der Waals surface area contributed by atoms with Crippen molar-refractivity contribution in [3.63, 3.8) is 0 Å². The van der Waals surface area contributed by atoms with E-state index in [2.05, 4.69) is 12.2 Å². The SMILES string of the molecule is CCCC1(CNc2cccc(F)c2C#N)CC1. The molecule has 0 aromatic heterocycles. The summed E-state index contributed by atoms with van der Waals surface area (Å²) in [7, 11) is 0. The lowest BCUT2D eigenvalue weighted by molar-refractivity contribution is 0.485. The number of rotatable bonds is 5. The third kappa shape index (κ3) is 2.58. The lowest BCUT2D eigenvalue weighted by atomic mass is 10.0. The Kier molecular flexibility index (Phi) is 3.33. The first-order valence-electron chi connectivity index (χ1n) is 6.13. The Bertz CT molecular complexity index is 444. The largest absolute Gasteiger partial charge is 0.383 e. The second-order valence-corrected chi connectivity index (χ2v) is 4.88. The van der Waals surface area contributed by atoms with Gasteiger partial charge in [0.05, 0.1) is 5.69 Å². The van der Waals surface area contributed by atoms with E-state index in [-0.39, 0.29) is 5.56 Å². The monoisotopic (exact) mass is 232 g/mol. The highest BCUT2D eigenvalue weighted by molar-refractivity contribution is 5.58. The predicted octanol–water partition coefficient (Wildman–Crippen LogP) is 3.69. The molecule has 1 aliphatic rings. The Morgan fingerprint density at radius 1 is 1.47 bits per heavy atom. The molecule has 17 heavy (non-hydrogen) atoms. The molecule has 0 atom stereocenters. The van der Waals surface area contributed by atoms with Crippen LogP contribution in [-0.4, -0.2) is 6.54 Å². The first-order valence-corrected chi connectivity index (χ1v) is 6.13. The van der Waals surface area contributed by atoms with Crippen LogP contribution >= 0.6 is 0 Å². The Labute approximate surface area is 101 Å². The molecule has 1 aromatic rings. The molecule has 0 saturated heterocycles. The number of benzene rings is 1. The van der Waals surface area contributed by atoms with Gasteiger partial charge in [-0.2, -0.15) is 5.26 Å². The molecule has 0 bridgehead atoms. The minimum absolute atomic E-state index is 0.125. The van der Waals surface area contributed by atoms with Crippen molar-refractivity contribution in [1.82, 2.24) is 0 Å². The summed E-state index contributed by atoms with van der Waals surface area (Å²) in [6.45, 7) is 3.03. The third-order valence-electron chi connectivity index (χ3n) is 3.52. The highest BCUT2D eigenvalue weighted by Crippen LogP contribution is 2.49. The molecule has 2 nitrogen and oxygen atoms in total. The van der Waals surface area contributed by atoms with Crippen molar-refractivity contribution in [2.45, 2.75) is 32.6 Å². The number of hydrogen-bond donors (Lipinski definition) is 1. The van der Waals surface area contributed by atoms with E-state index in [4.69, 9.17) is 5.26 Å². The summed E-state index contributed by atoms with van der Waals surface area (Å²) in [4.78, 5) is 0. The summed E-state index contributed by atoms with van der Waals surface area (Å²) in [5.41, 5.74) is 1.14. The lowest BCUT2D eigenvalue weighted by Gasteiger charge is -2.16. The van der Waals surface area contributed by atoms with Gasteiger partial charge in [0.1, 0.15) is 17.4 Å². The second kappa shape index (κ2) is 4.75. The molecule has 1 N–H and O–H groups in total. The van der Waals surface area contributed by atoms with E-state index < -0.39 is 5.82 Å². The van der Waals surface area contributed by atoms with Gasteiger partial charge in [-0.25, -0.2) is 4.39 Å². The van der Waals surface area contributed by atoms with Crippen molar-refractivity contribution in [2.75, 3.05) is 11.9 Å². The molecular weight excluding hydrogens is 215 g/mol. The van der Waals surface area contributed by atoms with E-state index in [0.717, 1.165) is 6.54 Å². The summed E-state index contributed by atoms with van der Waals surface area (Å²) in [5.74, 6) is -0.446. The number of nitrogens with one attached hydrogen (secondary N) is 1. The van der Waals surface area contributed by atoms with Gasteiger partial charge in [-0.1, -0.05) is 19.4 Å². The van der Waals surface area contributed by atoms with Crippen LogP contribution < -0.4 is 5.32 Å². The van der Waals surface area contributed by atoms with Gasteiger partial charge in [0, 0.05) is 6.54 Å². The zero-order chi connectivity index (χ0) is 12.3. The summed E-state index contributed by atoms with van der Waals surface area (Å²) >= 11 is 0. The smallest absolute Gasteiger partial charge is 0.143 e. The van der Waals surface area contributed by atoms with Gasteiger partial charge in [0.2, 0.25) is 0 Å². The first kappa shape index (κ1) is 11.9. The topological polar surface area (TPSA) is 35.8 Å². The van der Waals surface area contributed by atoms with Crippen LogP contribution in [0.4, 0.5) is 10.1 Å². The van der Waals surface area contributed by atoms with Crippen molar-refractivity contribution < 1.29 is 4.39 Å². The molecule has 3 heteroatoms. The standard InChI is InChI=1S/C14H17FN2/c1-2-6-14(7-8-14)10-17-13-5-3-4-12(15)11(13)9-16/h3-5,17H,2,6-8,10H2,1H3. The normalized spacial score (nSPS) is 16.3. The molecule has 0 unspecified atom stereocenters. The quantitative estimate of drug-likeness (QED) is 0.840. The van der Waals surface area contributed by atoms with Gasteiger partial charge >= 0.3 is 0 Å². The van der Waals surface area contributed by atoms with Gasteiger partial charge in [-0.05, 0) is 36.8 Å². The maximum absolute atomic E-state index is 13.4. The number of hydrogen-bond acceptors (Lipinski definition) is 2. The summed E-state index contributed by atoms with van der Waals surface area (Å²) in [6, 6.07) is 6.64. The Morgan fingerprint density at radius 2 is 2.24 bits per heavy atom. The van der Waals surface area contributed by atoms with Crippen molar-refractivity contribution in [2.24, 2.45) is 5.41 Å². The minimum atomic E-state index is -0.446. The molecular formula is C14H17FN2. The first-order chi connectivity index (χ1) is 8.21. The third-order valence-corrected chi connectivity index (χ3v) is 3.52. The average Bonchev–Trinajstić information content (AvgIpc) is 3.07. The molecule has 1 fully saturated rings. The Hall–Kier alpha value is -1.56. The molecule has 0 heterocycles. The van der Waals surface area contributed by atoms with E-state index in [1.807, 2.05) is 6.07 Å². The van der Waals surface area contributed by atoms with Gasteiger partial charge in [-0.15, -0.1) is 0 Å². The highest BCUT2D eigenvalue weighted by atomic mass is 19.1. The molecule has 1 aromatic carbocycles. The molecule has 0 radical (unpaired) electrons. The van der Waals surface area contributed by atoms with Crippen LogP contribution in [0.15, 0.2) is 18.2 Å². The molecule has 0 aliphatic heterocycles. The van der Waals surface area contributed by atoms with E-state index in [9.17, 15) is 4.39 Å². The van der Waals surface area contributed by atoms with Gasteiger partial charge in [0.15, 0.2) is 0 Å². The van der Waals surface area contributed by atoms with E-state index in [0.29, 0.717) is 11.1 Å². The molecule has 0 amide bonds. The second-order valence-electron chi connectivity index (χ2n) is 4.88. The summed E-state index contributed by atoms with van der Waals surface area (Å²) in [6.07, 6.45) is 4.86. The Balaban J connectivity index is 2.05. The van der Waals surface area contributed by atoms with Gasteiger partial charge in [0.25, 0.3) is 0 Å². The summed E-state index contributed by atoms with van der Waals surface area (Å²) in [5, 5.41) is 12.1. The lowest BCUT2D eigenvalue weighted by Crippen LogP contribution is -2.16. The average molecular weight is 232 g/mol. The predicted molar refractivity (Wildman–Crippen MR) is 66.2 cm³/mol. The van der Waals surface area contributed by atoms with Crippen LogP contribution in [0.1, 0.15) is 38.2 Å². The maximum atomic E-state index is 13.4. The molecule has 1 aliphatic carbocycles. The van der Waals surface area contributed by atoms with Crippen LogP contribution in [0.5, 0.6) is 0 Å². The van der Waals surface area contributed by atoms with E-state index in [1.54, 1.807) is 12.1 Å². The zero-order valence-electron chi connectivity index (χ0n) is 10.1. The number of nitrogens with zero attached hydrogens (tertiary/aromatic N) is 1. The molecule has 0 spiro atoms. The van der Waals surface area contributed by atoms with Gasteiger partial charge in [-0.3, -0.25) is 0 Å². The highest BCUT2D eigenvalue weighted by Gasteiger charge is 2.41. The molecule has 2 rings (SSSR count). The van der Waals surface area contributed by atoms with E-state index in [1.165, 1.54) is 31.7 Å². The van der Waals surface area contributed by atoms with Crippen LogP contribution in [0.3, 0.4) is 0 Å².